The highest BCUT2D eigenvalue weighted by atomic mass is 32.2. The van der Waals surface area contributed by atoms with Gasteiger partial charge in [-0.15, -0.1) is 0 Å². The summed E-state index contributed by atoms with van der Waals surface area (Å²) in [4.78, 5) is 16.0. The normalized spacial score (nSPS) is 11.3. The minimum Gasteiger partial charge on any atom is -0.497 e. The zero-order valence-corrected chi connectivity index (χ0v) is 17.8. The fourth-order valence-corrected chi connectivity index (χ4v) is 3.50. The lowest BCUT2D eigenvalue weighted by Crippen LogP contribution is -2.09. The van der Waals surface area contributed by atoms with Gasteiger partial charge >= 0.3 is 16.1 Å². The van der Waals surface area contributed by atoms with E-state index in [1.807, 2.05) is 0 Å². The molecule has 8 heteroatoms. The van der Waals surface area contributed by atoms with E-state index in [9.17, 15) is 13.2 Å². The maximum atomic E-state index is 12.4. The van der Waals surface area contributed by atoms with Crippen molar-refractivity contribution in [3.63, 3.8) is 0 Å². The van der Waals surface area contributed by atoms with Crippen LogP contribution in [0.2, 0.25) is 0 Å². The summed E-state index contributed by atoms with van der Waals surface area (Å²) < 4.78 is 39.9. The highest BCUT2D eigenvalue weighted by Crippen LogP contribution is 2.21. The summed E-state index contributed by atoms with van der Waals surface area (Å²) in [5.74, 6) is 0.364. The van der Waals surface area contributed by atoms with E-state index in [0.29, 0.717) is 23.6 Å². The predicted molar refractivity (Wildman–Crippen MR) is 117 cm³/mol. The van der Waals surface area contributed by atoms with Crippen LogP contribution in [-0.2, 0) is 14.9 Å². The third-order valence-corrected chi connectivity index (χ3v) is 5.44. The number of hydrogen-bond donors (Lipinski definition) is 0. The summed E-state index contributed by atoms with van der Waals surface area (Å²) in [5.41, 5.74) is 1.87. The molecule has 0 aliphatic rings. The number of aliphatic imine (C=N–C) groups is 1. The van der Waals surface area contributed by atoms with Crippen LogP contribution in [0.3, 0.4) is 0 Å². The zero-order chi connectivity index (χ0) is 22.3. The van der Waals surface area contributed by atoms with Crippen LogP contribution in [-0.4, -0.2) is 34.3 Å². The monoisotopic (exact) mass is 439 g/mol. The van der Waals surface area contributed by atoms with Gasteiger partial charge in [-0.25, -0.2) is 4.79 Å². The number of methoxy groups -OCH3 is 1. The van der Waals surface area contributed by atoms with Gasteiger partial charge in [-0.05, 0) is 85.3 Å². The van der Waals surface area contributed by atoms with Gasteiger partial charge in [-0.1, -0.05) is 0 Å². The number of ether oxygens (including phenoxy) is 2. The van der Waals surface area contributed by atoms with Gasteiger partial charge in [0.2, 0.25) is 0 Å². The molecular weight excluding hydrogens is 418 g/mol. The van der Waals surface area contributed by atoms with Crippen molar-refractivity contribution in [2.45, 2.75) is 11.8 Å². The van der Waals surface area contributed by atoms with E-state index < -0.39 is 10.1 Å². The number of carbonyl (C=O) groups is 1. The van der Waals surface area contributed by atoms with Gasteiger partial charge in [0.15, 0.2) is 0 Å². The molecule has 0 aromatic heterocycles. The average molecular weight is 439 g/mol. The van der Waals surface area contributed by atoms with E-state index in [1.54, 1.807) is 73.8 Å². The van der Waals surface area contributed by atoms with Crippen molar-refractivity contribution in [1.82, 2.24) is 0 Å². The molecule has 0 aliphatic heterocycles. The Morgan fingerprint density at radius 1 is 0.903 bits per heavy atom. The van der Waals surface area contributed by atoms with Crippen molar-refractivity contribution in [2.75, 3.05) is 13.7 Å². The largest absolute Gasteiger partial charge is 0.497 e. The molecule has 0 N–H and O–H groups in total. The topological polar surface area (TPSA) is 91.3 Å². The summed E-state index contributed by atoms with van der Waals surface area (Å²) >= 11 is 0. The van der Waals surface area contributed by atoms with Crippen LogP contribution < -0.4 is 8.92 Å². The second kappa shape index (κ2) is 9.90. The molecule has 7 nitrogen and oxygen atoms in total. The van der Waals surface area contributed by atoms with Crippen LogP contribution in [0.5, 0.6) is 11.5 Å². The molecule has 0 atom stereocenters. The fraction of sp³-hybridized carbons (Fsp3) is 0.130. The summed E-state index contributed by atoms with van der Waals surface area (Å²) in [6.45, 7) is 2.07. The predicted octanol–water partition coefficient (Wildman–Crippen LogP) is 4.39. The molecule has 3 aromatic carbocycles. The number of nitrogens with zero attached hydrogens (tertiary/aromatic N) is 1. The minimum absolute atomic E-state index is 0.0326. The molecule has 3 rings (SSSR count). The Labute approximate surface area is 181 Å². The Morgan fingerprint density at radius 3 is 2.10 bits per heavy atom. The first-order chi connectivity index (χ1) is 14.9. The van der Waals surface area contributed by atoms with Crippen LogP contribution in [0.4, 0.5) is 5.69 Å². The first-order valence-electron chi connectivity index (χ1n) is 9.41. The van der Waals surface area contributed by atoms with Crippen LogP contribution in [0.25, 0.3) is 0 Å². The van der Waals surface area contributed by atoms with Gasteiger partial charge in [-0.2, -0.15) is 8.42 Å². The molecule has 160 valence electrons. The Kier molecular flexibility index (Phi) is 7.04. The van der Waals surface area contributed by atoms with Crippen molar-refractivity contribution in [3.05, 3.63) is 83.9 Å². The number of rotatable bonds is 8. The van der Waals surface area contributed by atoms with E-state index in [0.717, 1.165) is 5.56 Å². The molecule has 31 heavy (non-hydrogen) atoms. The Hall–Kier alpha value is -3.65. The van der Waals surface area contributed by atoms with Crippen molar-refractivity contribution < 1.29 is 26.9 Å². The number of hydrogen-bond acceptors (Lipinski definition) is 7. The summed E-state index contributed by atoms with van der Waals surface area (Å²) in [6, 6.07) is 19.1. The van der Waals surface area contributed by atoms with Gasteiger partial charge in [0.25, 0.3) is 0 Å². The first kappa shape index (κ1) is 22.0. The first-order valence-corrected chi connectivity index (χ1v) is 10.8. The highest BCUT2D eigenvalue weighted by Gasteiger charge is 2.16. The molecule has 0 bridgehead atoms. The molecule has 3 aromatic rings. The lowest BCUT2D eigenvalue weighted by Gasteiger charge is -2.08. The van der Waals surface area contributed by atoms with E-state index >= 15 is 0 Å². The third kappa shape index (κ3) is 5.93. The third-order valence-electron chi connectivity index (χ3n) is 4.18. The van der Waals surface area contributed by atoms with E-state index in [1.165, 1.54) is 19.2 Å². The smallest absolute Gasteiger partial charge is 0.339 e. The summed E-state index contributed by atoms with van der Waals surface area (Å²) in [5, 5.41) is 0. The maximum absolute atomic E-state index is 12.4. The van der Waals surface area contributed by atoms with E-state index in [-0.39, 0.29) is 16.6 Å². The molecule has 0 heterocycles. The second-order valence-electron chi connectivity index (χ2n) is 6.31. The Morgan fingerprint density at radius 2 is 1.52 bits per heavy atom. The molecule has 0 spiro atoms. The highest BCUT2D eigenvalue weighted by molar-refractivity contribution is 7.87. The maximum Gasteiger partial charge on any atom is 0.339 e. The van der Waals surface area contributed by atoms with Crippen molar-refractivity contribution >= 4 is 28.0 Å². The minimum atomic E-state index is -3.95. The average Bonchev–Trinajstić information content (AvgIpc) is 2.79. The Balaban J connectivity index is 1.65. The van der Waals surface area contributed by atoms with Gasteiger partial charge in [0, 0.05) is 6.21 Å². The molecule has 0 fully saturated rings. The lowest BCUT2D eigenvalue weighted by atomic mass is 10.2. The molecule has 0 unspecified atom stereocenters. The molecular formula is C23H21NO6S. The molecule has 0 radical (unpaired) electrons. The lowest BCUT2D eigenvalue weighted by molar-refractivity contribution is 0.0526. The van der Waals surface area contributed by atoms with Crippen molar-refractivity contribution in [2.24, 2.45) is 4.99 Å². The quantitative estimate of drug-likeness (QED) is 0.294. The van der Waals surface area contributed by atoms with Gasteiger partial charge in [0.1, 0.15) is 16.4 Å². The zero-order valence-electron chi connectivity index (χ0n) is 17.0. The SMILES string of the molecule is CCOC(=O)c1ccc(N=Cc2ccc(OS(=O)(=O)c3ccc(OC)cc3)cc2)cc1. The van der Waals surface area contributed by atoms with Crippen LogP contribution in [0.15, 0.2) is 82.7 Å². The summed E-state index contributed by atoms with van der Waals surface area (Å²) in [7, 11) is -2.45. The summed E-state index contributed by atoms with van der Waals surface area (Å²) in [6.07, 6.45) is 1.63. The standard InChI is InChI=1S/C23H21NO6S/c1-3-29-23(25)18-6-8-19(9-7-18)24-16-17-4-10-21(11-5-17)30-31(26,27)22-14-12-20(28-2)13-15-22/h4-16H,3H2,1-2H3. The van der Waals surface area contributed by atoms with Crippen LogP contribution in [0, 0.1) is 0 Å². The fourth-order valence-electron chi connectivity index (χ4n) is 2.57. The second-order valence-corrected chi connectivity index (χ2v) is 7.85. The van der Waals surface area contributed by atoms with E-state index in [4.69, 9.17) is 13.7 Å². The molecule has 0 saturated carbocycles. The van der Waals surface area contributed by atoms with E-state index in [2.05, 4.69) is 4.99 Å². The molecule has 0 amide bonds. The van der Waals surface area contributed by atoms with Crippen LogP contribution in [0.1, 0.15) is 22.8 Å². The number of carbonyl (C=O) groups excluding carboxylic acids is 1. The number of benzene rings is 3. The van der Waals surface area contributed by atoms with Crippen molar-refractivity contribution in [3.8, 4) is 11.5 Å². The van der Waals surface area contributed by atoms with Gasteiger partial charge < -0.3 is 13.7 Å². The molecule has 0 aliphatic carbocycles. The van der Waals surface area contributed by atoms with Gasteiger partial charge in [0.05, 0.1) is 25.0 Å². The van der Waals surface area contributed by atoms with Crippen LogP contribution >= 0.6 is 0 Å². The molecule has 0 saturated heterocycles. The van der Waals surface area contributed by atoms with Crippen molar-refractivity contribution in [1.29, 1.82) is 0 Å². The number of esters is 1. The Bertz CT molecular complexity index is 1150. The van der Waals surface area contributed by atoms with Gasteiger partial charge in [-0.3, -0.25) is 4.99 Å².